The minimum absolute atomic E-state index is 0.120. The monoisotopic (exact) mass is 708 g/mol. The number of hydrogen-bond donors (Lipinski definition) is 3. The van der Waals surface area contributed by atoms with Crippen LogP contribution >= 0.6 is 18.9 Å². The predicted molar refractivity (Wildman–Crippen MR) is 180 cm³/mol. The molecule has 3 N–H and O–H groups in total. The first-order valence-electron chi connectivity index (χ1n) is 16.7. The van der Waals surface area contributed by atoms with Gasteiger partial charge >= 0.3 is 7.60 Å². The topological polar surface area (TPSA) is 160 Å². The number of halogens is 1. The summed E-state index contributed by atoms with van der Waals surface area (Å²) in [5.41, 5.74) is 0.218. The van der Waals surface area contributed by atoms with Crippen molar-refractivity contribution < 1.29 is 37.9 Å². The number of thiophene rings is 1. The van der Waals surface area contributed by atoms with Crippen LogP contribution in [0.5, 0.6) is 5.75 Å². The third-order valence-electron chi connectivity index (χ3n) is 10.8. The Bertz CT molecular complexity index is 1900. The highest BCUT2D eigenvalue weighted by molar-refractivity contribution is 7.51. The Labute approximate surface area is 287 Å². The second kappa shape index (κ2) is 12.8. The minimum Gasteiger partial charge on any atom is -0.497 e. The van der Waals surface area contributed by atoms with Crippen LogP contribution in [-0.4, -0.2) is 74.6 Å². The molecule has 3 aliphatic heterocycles. The van der Waals surface area contributed by atoms with Crippen molar-refractivity contribution in [1.82, 2.24) is 15.1 Å². The first-order chi connectivity index (χ1) is 23.4. The number of nitrogens with zero attached hydrogens (tertiary/aromatic N) is 3. The van der Waals surface area contributed by atoms with Gasteiger partial charge in [-0.05, 0) is 85.4 Å². The predicted octanol–water partition coefficient (Wildman–Crippen LogP) is 5.39. The molecule has 0 bridgehead atoms. The van der Waals surface area contributed by atoms with Crippen molar-refractivity contribution in [2.24, 2.45) is 5.92 Å². The molecule has 11 nitrogen and oxygen atoms in total. The maximum absolute atomic E-state index is 14.5. The molecule has 3 unspecified atom stereocenters. The Morgan fingerprint density at radius 3 is 2.61 bits per heavy atom. The van der Waals surface area contributed by atoms with Crippen molar-refractivity contribution in [1.29, 1.82) is 5.26 Å². The van der Waals surface area contributed by atoms with Gasteiger partial charge in [0.2, 0.25) is 17.7 Å². The summed E-state index contributed by atoms with van der Waals surface area (Å²) in [4.78, 5) is 64.7. The van der Waals surface area contributed by atoms with Gasteiger partial charge in [0.05, 0.1) is 29.5 Å². The van der Waals surface area contributed by atoms with Gasteiger partial charge in [0.25, 0.3) is 5.91 Å². The molecule has 4 aliphatic rings. The van der Waals surface area contributed by atoms with Gasteiger partial charge in [0, 0.05) is 23.2 Å². The molecule has 258 valence electrons. The normalized spacial score (nSPS) is 26.9. The summed E-state index contributed by atoms with van der Waals surface area (Å²) in [6.07, 6.45) is 5.45. The van der Waals surface area contributed by atoms with Crippen LogP contribution < -0.4 is 10.1 Å². The van der Waals surface area contributed by atoms with Crippen LogP contribution in [-0.2, 0) is 14.2 Å². The highest BCUT2D eigenvalue weighted by Gasteiger charge is 2.64. The largest absolute Gasteiger partial charge is 0.497 e. The van der Waals surface area contributed by atoms with Gasteiger partial charge in [-0.1, -0.05) is 31.0 Å². The molecule has 0 radical (unpaired) electrons. The fourth-order valence-electron chi connectivity index (χ4n) is 8.26. The Morgan fingerprint density at radius 2 is 1.90 bits per heavy atom. The average molecular weight is 709 g/mol. The van der Waals surface area contributed by atoms with E-state index in [-0.39, 0.29) is 40.1 Å². The van der Waals surface area contributed by atoms with Gasteiger partial charge in [0.1, 0.15) is 17.8 Å². The Kier molecular flexibility index (Phi) is 8.80. The summed E-state index contributed by atoms with van der Waals surface area (Å²) in [6.45, 7) is 0.387. The maximum Gasteiger partial charge on any atom is 0.363 e. The molecule has 1 aromatic heterocycles. The molecule has 6 atom stereocenters. The van der Waals surface area contributed by atoms with Crippen molar-refractivity contribution in [3.8, 4) is 11.8 Å². The molecule has 49 heavy (non-hydrogen) atoms. The lowest BCUT2D eigenvalue weighted by Gasteiger charge is -2.37. The van der Waals surface area contributed by atoms with Gasteiger partial charge in [-0.15, -0.1) is 11.3 Å². The van der Waals surface area contributed by atoms with E-state index in [4.69, 9.17) is 4.74 Å². The average Bonchev–Trinajstić information content (AvgIpc) is 3.43. The fourth-order valence-corrected chi connectivity index (χ4v) is 9.75. The number of nitrogens with one attached hydrogen (secondary N) is 1. The van der Waals surface area contributed by atoms with Crippen molar-refractivity contribution >= 4 is 46.7 Å². The number of methoxy groups -OCH3 is 1. The van der Waals surface area contributed by atoms with Gasteiger partial charge in [-0.3, -0.25) is 18.9 Å². The number of amides is 3. The summed E-state index contributed by atoms with van der Waals surface area (Å²) < 4.78 is 31.8. The van der Waals surface area contributed by atoms with Gasteiger partial charge < -0.3 is 29.6 Å². The Hall–Kier alpha value is -3.82. The zero-order chi connectivity index (χ0) is 34.7. The molecule has 2 aromatic carbocycles. The quantitative estimate of drug-likeness (QED) is 0.276. The van der Waals surface area contributed by atoms with Crippen LogP contribution in [0.4, 0.5) is 4.39 Å². The van der Waals surface area contributed by atoms with E-state index >= 15 is 0 Å². The molecule has 3 amide bonds. The van der Waals surface area contributed by atoms with E-state index in [9.17, 15) is 38.4 Å². The number of benzene rings is 2. The number of ether oxygens (including phenoxy) is 1. The van der Waals surface area contributed by atoms with Crippen LogP contribution in [0, 0.1) is 17.2 Å². The molecule has 14 heteroatoms. The van der Waals surface area contributed by atoms with E-state index in [2.05, 4.69) is 11.4 Å². The van der Waals surface area contributed by atoms with E-state index < -0.39 is 37.0 Å². The van der Waals surface area contributed by atoms with E-state index in [0.717, 1.165) is 49.0 Å². The highest BCUT2D eigenvalue weighted by Crippen LogP contribution is 2.58. The fraction of sp³-hybridized carbons (Fsp3) is 0.486. The number of nitriles is 1. The van der Waals surface area contributed by atoms with Gasteiger partial charge in [0.15, 0.2) is 0 Å². The first-order valence-corrected chi connectivity index (χ1v) is 19.2. The second-order valence-corrected chi connectivity index (χ2v) is 16.4. The van der Waals surface area contributed by atoms with Crippen molar-refractivity contribution in [3.05, 3.63) is 64.5 Å². The number of likely N-dealkylation sites (tertiary alicyclic amines) is 1. The van der Waals surface area contributed by atoms with E-state index in [1.165, 1.54) is 24.3 Å². The van der Waals surface area contributed by atoms with Crippen LogP contribution in [0.3, 0.4) is 0 Å². The third-order valence-corrected chi connectivity index (χ3v) is 12.9. The molecule has 3 saturated heterocycles. The van der Waals surface area contributed by atoms with Gasteiger partial charge in [-0.25, -0.2) is 4.39 Å². The first kappa shape index (κ1) is 33.7. The SMILES string of the molecule is COc1cccc([C@@H]2CN(C(=O)[C@@H]3CC[C@@H]4CCCCC(NC(=O)c5cc6cc(C(F)P(=O)(O)O)ccc6s5)C(=O)N43)C3(CC3)C2C#N)c1. The highest BCUT2D eigenvalue weighted by atomic mass is 32.1. The minimum atomic E-state index is -5.00. The van der Waals surface area contributed by atoms with Crippen LogP contribution in [0.1, 0.15) is 84.0 Å². The third kappa shape index (κ3) is 6.03. The lowest BCUT2D eigenvalue weighted by molar-refractivity contribution is -0.148. The number of alkyl halides is 1. The smallest absolute Gasteiger partial charge is 0.363 e. The lowest BCUT2D eigenvalue weighted by atomic mass is 9.85. The molecule has 1 saturated carbocycles. The lowest BCUT2D eigenvalue weighted by Crippen LogP contribution is -2.57. The molecular weight excluding hydrogens is 670 g/mol. The number of rotatable bonds is 7. The van der Waals surface area contributed by atoms with E-state index in [1.807, 2.05) is 29.2 Å². The summed E-state index contributed by atoms with van der Waals surface area (Å²) in [7, 11) is -3.40. The zero-order valence-electron chi connectivity index (χ0n) is 27.0. The van der Waals surface area contributed by atoms with Crippen molar-refractivity contribution in [2.75, 3.05) is 13.7 Å². The van der Waals surface area contributed by atoms with Crippen molar-refractivity contribution in [3.63, 3.8) is 0 Å². The summed E-state index contributed by atoms with van der Waals surface area (Å²) in [5, 5.41) is 13.7. The number of hydrogen-bond acceptors (Lipinski definition) is 7. The molecule has 1 aliphatic carbocycles. The van der Waals surface area contributed by atoms with Crippen LogP contribution in [0.15, 0.2) is 48.5 Å². The molecule has 4 fully saturated rings. The number of fused-ring (bicyclic) bond motifs is 2. The molecule has 3 aromatic rings. The number of carbonyl (C=O) groups excluding carboxylic acids is 3. The summed E-state index contributed by atoms with van der Waals surface area (Å²) in [6, 6.07) is 14.2. The van der Waals surface area contributed by atoms with Crippen LogP contribution in [0.25, 0.3) is 10.1 Å². The Morgan fingerprint density at radius 1 is 1.12 bits per heavy atom. The van der Waals surface area contributed by atoms with E-state index in [1.54, 1.807) is 12.0 Å². The van der Waals surface area contributed by atoms with Crippen LogP contribution in [0.2, 0.25) is 0 Å². The summed E-state index contributed by atoms with van der Waals surface area (Å²) in [5.74, 6) is -3.24. The Balaban J connectivity index is 1.11. The van der Waals surface area contributed by atoms with Gasteiger partial charge in [-0.2, -0.15) is 5.26 Å². The number of carbonyl (C=O) groups is 3. The summed E-state index contributed by atoms with van der Waals surface area (Å²) >= 11 is 1.14. The van der Waals surface area contributed by atoms with E-state index in [0.29, 0.717) is 41.6 Å². The molecule has 1 spiro atoms. The maximum atomic E-state index is 14.5. The molecule has 4 heterocycles. The molecule has 7 rings (SSSR count). The second-order valence-electron chi connectivity index (χ2n) is 13.7. The molecular formula is C35H38FN4O7PS. The standard InChI is InChI=1S/C35H38FN4O7PS/c1-47-24-7-4-5-20(16-24)25-19-39(35(13-14-35)26(25)18-37)34(43)28-11-10-23-6-2-3-8-27(33(42)40(23)28)38-32(41)30-17-22-15-21(9-12-29(22)49-30)31(36)48(44,45)46/h4-5,7,9,12,15-17,23,25-28,31H,2-3,6,8,10-11,13-14,19H2,1H3,(H,38,41)(H2,44,45,46)/t23-,25-,26?,27?,28-,31?/m0/s1. The zero-order valence-corrected chi connectivity index (χ0v) is 28.7. The van der Waals surface area contributed by atoms with Crippen molar-refractivity contribution in [2.45, 2.75) is 86.9 Å².